The average Bonchev–Trinajstić information content (AvgIpc) is 1.83. The molecule has 0 fully saturated rings. The Morgan fingerprint density at radius 1 is 1.38 bits per heavy atom. The van der Waals surface area contributed by atoms with Gasteiger partial charge in [0.1, 0.15) is 0 Å². The van der Waals surface area contributed by atoms with Crippen molar-refractivity contribution in [2.24, 2.45) is 0 Å². The van der Waals surface area contributed by atoms with Crippen LogP contribution < -0.4 is 0 Å². The van der Waals surface area contributed by atoms with Crippen LogP contribution >= 0.6 is 0 Å². The average molecular weight is 128 g/mol. The van der Waals surface area contributed by atoms with Crippen LogP contribution in [0.15, 0.2) is 0 Å². The Balaban J connectivity index is 3.36. The molecule has 0 aromatic carbocycles. The van der Waals surface area contributed by atoms with Crippen LogP contribution in [0, 0.1) is 0 Å². The maximum absolute atomic E-state index is 2.34. The number of hydrogen-bond donors (Lipinski definition) is 0. The van der Waals surface area contributed by atoms with E-state index in [0.717, 1.165) is 5.54 Å². The summed E-state index contributed by atoms with van der Waals surface area (Å²) in [4.78, 5) is 0. The first kappa shape index (κ1) is 8.09. The SMILES string of the molecule is CC=[SiH]C(CC)CC. The van der Waals surface area contributed by atoms with Crippen molar-refractivity contribution in [1.29, 1.82) is 0 Å². The normalized spacial score (nSPS) is 11.5. The van der Waals surface area contributed by atoms with Gasteiger partial charge in [0, 0.05) is 0 Å². The fourth-order valence-electron chi connectivity index (χ4n) is 0.833. The van der Waals surface area contributed by atoms with Gasteiger partial charge < -0.3 is 0 Å². The third-order valence-electron chi connectivity index (χ3n) is 1.51. The Morgan fingerprint density at radius 2 is 1.88 bits per heavy atom. The summed E-state index contributed by atoms with van der Waals surface area (Å²) in [6.07, 6.45) is 2.74. The zero-order valence-corrected chi connectivity index (χ0v) is 7.30. The minimum Gasteiger partial charge on any atom is -0.109 e. The van der Waals surface area contributed by atoms with Gasteiger partial charge in [-0.15, -0.1) is 5.67 Å². The first-order valence-corrected chi connectivity index (χ1v) is 4.81. The van der Waals surface area contributed by atoms with E-state index in [4.69, 9.17) is 0 Å². The van der Waals surface area contributed by atoms with Gasteiger partial charge in [-0.2, -0.15) is 0 Å². The van der Waals surface area contributed by atoms with Crippen LogP contribution in [0.25, 0.3) is 0 Å². The molecular weight excluding hydrogens is 112 g/mol. The highest BCUT2D eigenvalue weighted by Gasteiger charge is 1.93. The third-order valence-corrected chi connectivity index (χ3v) is 3.39. The van der Waals surface area contributed by atoms with Crippen molar-refractivity contribution in [3.05, 3.63) is 0 Å². The molecule has 0 unspecified atom stereocenters. The van der Waals surface area contributed by atoms with Crippen LogP contribution in [0.5, 0.6) is 0 Å². The molecule has 0 atom stereocenters. The smallest absolute Gasteiger partial charge is 0.00892 e. The molecule has 0 rings (SSSR count). The van der Waals surface area contributed by atoms with Gasteiger partial charge in [-0.05, 0) is 14.7 Å². The van der Waals surface area contributed by atoms with Crippen LogP contribution in [0.3, 0.4) is 0 Å². The molecule has 0 saturated heterocycles. The summed E-state index contributed by atoms with van der Waals surface area (Å²) < 4.78 is 0. The molecule has 0 heterocycles. The summed E-state index contributed by atoms with van der Waals surface area (Å²) in [7, 11) is 0.646. The predicted octanol–water partition coefficient (Wildman–Crippen LogP) is 1.85. The van der Waals surface area contributed by atoms with Crippen molar-refractivity contribution in [1.82, 2.24) is 0 Å². The van der Waals surface area contributed by atoms with E-state index in [0.29, 0.717) is 9.13 Å². The monoisotopic (exact) mass is 128 g/mol. The van der Waals surface area contributed by atoms with Crippen molar-refractivity contribution in [2.45, 2.75) is 39.2 Å². The lowest BCUT2D eigenvalue weighted by Gasteiger charge is -2.02. The molecule has 0 aromatic heterocycles. The zero-order valence-electron chi connectivity index (χ0n) is 6.15. The quantitative estimate of drug-likeness (QED) is 0.509. The van der Waals surface area contributed by atoms with Gasteiger partial charge in [0.2, 0.25) is 0 Å². The molecule has 8 heavy (non-hydrogen) atoms. The predicted molar refractivity (Wildman–Crippen MR) is 43.2 cm³/mol. The van der Waals surface area contributed by atoms with Crippen LogP contribution in [-0.2, 0) is 0 Å². The summed E-state index contributed by atoms with van der Waals surface area (Å²) in [5.41, 5.74) is 3.37. The topological polar surface area (TPSA) is 0 Å². The Morgan fingerprint density at radius 3 is 2.00 bits per heavy atom. The van der Waals surface area contributed by atoms with Crippen molar-refractivity contribution in [3.63, 3.8) is 0 Å². The molecule has 0 aliphatic carbocycles. The third kappa shape index (κ3) is 3.14. The van der Waals surface area contributed by atoms with Crippen molar-refractivity contribution in [3.8, 4) is 0 Å². The fourth-order valence-corrected chi connectivity index (χ4v) is 1.92. The standard InChI is InChI=1S/C7H16Si/c1-4-7(5-2)8-6-3/h6-8H,4-5H2,1-3H3. The molecule has 0 N–H and O–H groups in total. The number of hydrogen-bond acceptors (Lipinski definition) is 0. The molecule has 0 nitrogen and oxygen atoms in total. The lowest BCUT2D eigenvalue weighted by Crippen LogP contribution is -1.93. The van der Waals surface area contributed by atoms with E-state index in [-0.39, 0.29) is 0 Å². The lowest BCUT2D eigenvalue weighted by molar-refractivity contribution is 0.766. The Kier molecular flexibility index (Phi) is 5.28. The van der Waals surface area contributed by atoms with E-state index < -0.39 is 0 Å². The van der Waals surface area contributed by atoms with E-state index in [2.05, 4.69) is 26.4 Å². The lowest BCUT2D eigenvalue weighted by atomic mass is 10.3. The summed E-state index contributed by atoms with van der Waals surface area (Å²) in [6, 6.07) is 0. The van der Waals surface area contributed by atoms with E-state index in [1.54, 1.807) is 0 Å². The number of rotatable bonds is 3. The van der Waals surface area contributed by atoms with Gasteiger partial charge in [-0.1, -0.05) is 33.6 Å². The van der Waals surface area contributed by atoms with Gasteiger partial charge in [-0.25, -0.2) is 0 Å². The molecule has 0 bridgehead atoms. The van der Waals surface area contributed by atoms with E-state index >= 15 is 0 Å². The maximum Gasteiger partial charge on any atom is -0.00892 e. The Bertz CT molecular complexity index is 62.8. The molecule has 1 heteroatoms. The summed E-state index contributed by atoms with van der Waals surface area (Å²) in [5, 5.41) is 0. The van der Waals surface area contributed by atoms with Gasteiger partial charge >= 0.3 is 0 Å². The molecule has 48 valence electrons. The van der Waals surface area contributed by atoms with Gasteiger partial charge in [0.05, 0.1) is 0 Å². The first-order valence-electron chi connectivity index (χ1n) is 3.47. The maximum atomic E-state index is 2.34. The summed E-state index contributed by atoms with van der Waals surface area (Å²) in [5.74, 6) is 0. The molecule has 0 spiro atoms. The minimum absolute atomic E-state index is 0.646. The summed E-state index contributed by atoms with van der Waals surface area (Å²) in [6.45, 7) is 6.74. The van der Waals surface area contributed by atoms with Crippen molar-refractivity contribution < 1.29 is 0 Å². The molecule has 0 saturated carbocycles. The van der Waals surface area contributed by atoms with Gasteiger partial charge in [0.15, 0.2) is 0 Å². The second kappa shape index (κ2) is 5.23. The van der Waals surface area contributed by atoms with Crippen LogP contribution in [0.4, 0.5) is 0 Å². The second-order valence-electron chi connectivity index (χ2n) is 2.10. The van der Waals surface area contributed by atoms with Gasteiger partial charge in [-0.3, -0.25) is 0 Å². The zero-order chi connectivity index (χ0) is 6.41. The minimum atomic E-state index is 0.646. The molecule has 0 aromatic rings. The summed E-state index contributed by atoms with van der Waals surface area (Å²) >= 11 is 0. The molecule has 0 aliphatic rings. The highest BCUT2D eigenvalue weighted by atomic mass is 28.2. The first-order chi connectivity index (χ1) is 3.85. The molecule has 0 aliphatic heterocycles. The van der Waals surface area contributed by atoms with Crippen LogP contribution in [0.1, 0.15) is 33.6 Å². The fraction of sp³-hybridized carbons (Fsp3) is 0.857. The van der Waals surface area contributed by atoms with Crippen LogP contribution in [-0.4, -0.2) is 14.8 Å². The van der Waals surface area contributed by atoms with E-state index in [9.17, 15) is 0 Å². The largest absolute Gasteiger partial charge is 0.109 e. The Hall–Kier alpha value is 0.0869. The molecular formula is C7H16Si. The molecule has 0 amide bonds. The highest BCUT2D eigenvalue weighted by molar-refractivity contribution is 6.47. The Labute approximate surface area is 54.7 Å². The van der Waals surface area contributed by atoms with Crippen molar-refractivity contribution in [2.75, 3.05) is 0 Å². The van der Waals surface area contributed by atoms with E-state index in [1.807, 2.05) is 0 Å². The van der Waals surface area contributed by atoms with Gasteiger partial charge in [0.25, 0.3) is 0 Å². The van der Waals surface area contributed by atoms with Crippen molar-refractivity contribution >= 4 is 14.8 Å². The molecule has 0 radical (unpaired) electrons. The second-order valence-corrected chi connectivity index (χ2v) is 4.10. The highest BCUT2D eigenvalue weighted by Crippen LogP contribution is 2.08. The van der Waals surface area contributed by atoms with Crippen LogP contribution in [0.2, 0.25) is 5.54 Å². The van der Waals surface area contributed by atoms with E-state index in [1.165, 1.54) is 12.8 Å².